The SMILES string of the molecule is CNCCCN(C)c1nc2ccc(C)cn2n1. The first-order valence-electron chi connectivity index (χ1n) is 5.89. The normalized spacial score (nSPS) is 11.0. The Morgan fingerprint density at radius 1 is 1.41 bits per heavy atom. The van der Waals surface area contributed by atoms with Gasteiger partial charge in [0.05, 0.1) is 0 Å². The molecule has 5 nitrogen and oxygen atoms in total. The topological polar surface area (TPSA) is 45.5 Å². The highest BCUT2D eigenvalue weighted by Crippen LogP contribution is 2.10. The number of rotatable bonds is 5. The third-order valence-electron chi connectivity index (χ3n) is 2.73. The van der Waals surface area contributed by atoms with Crippen LogP contribution in [0.1, 0.15) is 12.0 Å². The van der Waals surface area contributed by atoms with E-state index in [1.165, 1.54) is 5.56 Å². The lowest BCUT2D eigenvalue weighted by Gasteiger charge is -2.13. The van der Waals surface area contributed by atoms with Crippen molar-refractivity contribution in [2.75, 3.05) is 32.1 Å². The molecule has 92 valence electrons. The van der Waals surface area contributed by atoms with Gasteiger partial charge in [-0.15, -0.1) is 5.10 Å². The van der Waals surface area contributed by atoms with E-state index in [9.17, 15) is 0 Å². The van der Waals surface area contributed by atoms with Gasteiger partial charge in [0.1, 0.15) is 0 Å². The molecule has 1 N–H and O–H groups in total. The van der Waals surface area contributed by atoms with Crippen LogP contribution in [-0.4, -0.2) is 41.8 Å². The second-order valence-electron chi connectivity index (χ2n) is 4.30. The smallest absolute Gasteiger partial charge is 0.245 e. The molecule has 0 unspecified atom stereocenters. The van der Waals surface area contributed by atoms with Gasteiger partial charge in [-0.3, -0.25) is 0 Å². The second-order valence-corrected chi connectivity index (χ2v) is 4.30. The molecule has 0 aliphatic carbocycles. The lowest BCUT2D eigenvalue weighted by Crippen LogP contribution is -2.23. The van der Waals surface area contributed by atoms with Crippen molar-refractivity contribution in [1.29, 1.82) is 0 Å². The number of fused-ring (bicyclic) bond motifs is 1. The Labute approximate surface area is 101 Å². The molecule has 0 atom stereocenters. The summed E-state index contributed by atoms with van der Waals surface area (Å²) in [5.41, 5.74) is 2.08. The third-order valence-corrected chi connectivity index (χ3v) is 2.73. The standard InChI is InChI=1S/C12H19N5/c1-10-5-6-11-14-12(15-17(11)9-10)16(3)8-4-7-13-2/h5-6,9,13H,4,7-8H2,1-3H3. The van der Waals surface area contributed by atoms with Gasteiger partial charge in [-0.2, -0.15) is 4.98 Å². The Morgan fingerprint density at radius 2 is 2.24 bits per heavy atom. The fourth-order valence-electron chi connectivity index (χ4n) is 1.73. The van der Waals surface area contributed by atoms with E-state index in [1.807, 2.05) is 30.9 Å². The minimum Gasteiger partial charge on any atom is -0.343 e. The minimum absolute atomic E-state index is 0.784. The average Bonchev–Trinajstić information content (AvgIpc) is 2.72. The van der Waals surface area contributed by atoms with E-state index in [-0.39, 0.29) is 0 Å². The molecule has 0 fully saturated rings. The van der Waals surface area contributed by atoms with Gasteiger partial charge in [-0.05, 0) is 38.6 Å². The number of hydrogen-bond acceptors (Lipinski definition) is 4. The quantitative estimate of drug-likeness (QED) is 0.785. The molecule has 17 heavy (non-hydrogen) atoms. The Hall–Kier alpha value is -1.62. The Balaban J connectivity index is 2.12. The van der Waals surface area contributed by atoms with Gasteiger partial charge >= 0.3 is 0 Å². The van der Waals surface area contributed by atoms with E-state index >= 15 is 0 Å². The molecule has 2 heterocycles. The molecule has 0 aliphatic rings. The molecule has 0 bridgehead atoms. The van der Waals surface area contributed by atoms with Crippen LogP contribution in [0.25, 0.3) is 5.65 Å². The Kier molecular flexibility index (Phi) is 3.58. The highest BCUT2D eigenvalue weighted by molar-refractivity contribution is 5.44. The van der Waals surface area contributed by atoms with Crippen LogP contribution in [0.15, 0.2) is 18.3 Å². The number of nitrogens with one attached hydrogen (secondary N) is 1. The molecule has 0 radical (unpaired) electrons. The molecular weight excluding hydrogens is 214 g/mol. The number of pyridine rings is 1. The largest absolute Gasteiger partial charge is 0.343 e. The maximum absolute atomic E-state index is 4.49. The highest BCUT2D eigenvalue weighted by atomic mass is 15.4. The van der Waals surface area contributed by atoms with Crippen molar-refractivity contribution < 1.29 is 0 Å². The maximum Gasteiger partial charge on any atom is 0.245 e. The van der Waals surface area contributed by atoms with Crippen molar-refractivity contribution in [2.24, 2.45) is 0 Å². The van der Waals surface area contributed by atoms with Gasteiger partial charge in [-0.1, -0.05) is 6.07 Å². The fourth-order valence-corrected chi connectivity index (χ4v) is 1.73. The first-order valence-corrected chi connectivity index (χ1v) is 5.89. The molecule has 0 spiro atoms. The maximum atomic E-state index is 4.49. The molecular formula is C12H19N5. The van der Waals surface area contributed by atoms with Crippen molar-refractivity contribution in [1.82, 2.24) is 19.9 Å². The molecule has 0 saturated heterocycles. The number of aryl methyl sites for hydroxylation is 1. The summed E-state index contributed by atoms with van der Waals surface area (Å²) in [5.74, 6) is 0.784. The van der Waals surface area contributed by atoms with Crippen LogP contribution in [0.4, 0.5) is 5.95 Å². The van der Waals surface area contributed by atoms with Crippen molar-refractivity contribution in [3.63, 3.8) is 0 Å². The van der Waals surface area contributed by atoms with Gasteiger partial charge in [0.15, 0.2) is 5.65 Å². The van der Waals surface area contributed by atoms with E-state index in [0.717, 1.165) is 31.1 Å². The van der Waals surface area contributed by atoms with Crippen LogP contribution < -0.4 is 10.2 Å². The molecule has 0 aliphatic heterocycles. The van der Waals surface area contributed by atoms with Crippen LogP contribution in [0.5, 0.6) is 0 Å². The molecule has 2 aromatic heterocycles. The summed E-state index contributed by atoms with van der Waals surface area (Å²) in [6, 6.07) is 4.04. The van der Waals surface area contributed by atoms with E-state index in [2.05, 4.69) is 33.3 Å². The number of nitrogens with zero attached hydrogens (tertiary/aromatic N) is 4. The number of anilines is 1. The monoisotopic (exact) mass is 233 g/mol. The number of hydrogen-bond donors (Lipinski definition) is 1. The third kappa shape index (κ3) is 2.74. The summed E-state index contributed by atoms with van der Waals surface area (Å²) in [4.78, 5) is 6.57. The average molecular weight is 233 g/mol. The number of aromatic nitrogens is 3. The zero-order valence-corrected chi connectivity index (χ0v) is 10.6. The van der Waals surface area contributed by atoms with Crippen molar-refractivity contribution in [2.45, 2.75) is 13.3 Å². The van der Waals surface area contributed by atoms with E-state index in [4.69, 9.17) is 0 Å². The first-order chi connectivity index (χ1) is 8.20. The predicted octanol–water partition coefficient (Wildman–Crippen LogP) is 1.08. The van der Waals surface area contributed by atoms with Crippen LogP contribution in [0.3, 0.4) is 0 Å². The highest BCUT2D eigenvalue weighted by Gasteiger charge is 2.07. The fraction of sp³-hybridized carbons (Fsp3) is 0.500. The van der Waals surface area contributed by atoms with Crippen molar-refractivity contribution in [3.8, 4) is 0 Å². The summed E-state index contributed by atoms with van der Waals surface area (Å²) in [6.07, 6.45) is 3.08. The van der Waals surface area contributed by atoms with Crippen molar-refractivity contribution in [3.05, 3.63) is 23.9 Å². The second kappa shape index (κ2) is 5.14. The predicted molar refractivity (Wildman–Crippen MR) is 69.5 cm³/mol. The van der Waals surface area contributed by atoms with Gasteiger partial charge in [0, 0.05) is 19.8 Å². The zero-order valence-electron chi connectivity index (χ0n) is 10.6. The Morgan fingerprint density at radius 3 is 3.00 bits per heavy atom. The van der Waals surface area contributed by atoms with Gasteiger partial charge in [-0.25, -0.2) is 4.52 Å². The summed E-state index contributed by atoms with van der Waals surface area (Å²) < 4.78 is 1.83. The molecule has 5 heteroatoms. The van der Waals surface area contributed by atoms with E-state index in [0.29, 0.717) is 0 Å². The van der Waals surface area contributed by atoms with Crippen LogP contribution in [0.2, 0.25) is 0 Å². The van der Waals surface area contributed by atoms with Gasteiger partial charge in [0.2, 0.25) is 5.95 Å². The molecule has 0 aromatic carbocycles. The zero-order chi connectivity index (χ0) is 12.3. The lowest BCUT2D eigenvalue weighted by atomic mass is 10.3. The van der Waals surface area contributed by atoms with Gasteiger partial charge in [0.25, 0.3) is 0 Å². The Bertz CT molecular complexity index is 491. The van der Waals surface area contributed by atoms with Crippen molar-refractivity contribution >= 4 is 11.6 Å². The van der Waals surface area contributed by atoms with Crippen LogP contribution in [-0.2, 0) is 0 Å². The summed E-state index contributed by atoms with van der Waals surface area (Å²) in [7, 11) is 3.99. The molecule has 2 aromatic rings. The summed E-state index contributed by atoms with van der Waals surface area (Å²) in [6.45, 7) is 4.02. The lowest BCUT2D eigenvalue weighted by molar-refractivity contribution is 0.703. The summed E-state index contributed by atoms with van der Waals surface area (Å²) >= 11 is 0. The molecule has 0 saturated carbocycles. The minimum atomic E-state index is 0.784. The van der Waals surface area contributed by atoms with Crippen LogP contribution in [0, 0.1) is 6.92 Å². The molecule has 0 amide bonds. The van der Waals surface area contributed by atoms with E-state index in [1.54, 1.807) is 0 Å². The molecule has 2 rings (SSSR count). The van der Waals surface area contributed by atoms with Crippen LogP contribution >= 0.6 is 0 Å². The first kappa shape index (κ1) is 11.9. The van der Waals surface area contributed by atoms with E-state index < -0.39 is 0 Å². The summed E-state index contributed by atoms with van der Waals surface area (Å²) in [5, 5.41) is 7.60. The van der Waals surface area contributed by atoms with Gasteiger partial charge < -0.3 is 10.2 Å².